The van der Waals surface area contributed by atoms with E-state index in [1.807, 2.05) is 23.7 Å². The van der Waals surface area contributed by atoms with Gasteiger partial charge in [0.2, 0.25) is 5.43 Å². The van der Waals surface area contributed by atoms with Crippen molar-refractivity contribution in [2.45, 2.75) is 41.2 Å². The Kier molecular flexibility index (Phi) is 5.14. The van der Waals surface area contributed by atoms with Gasteiger partial charge in [-0.15, -0.1) is 0 Å². The molecule has 0 aliphatic carbocycles. The molecule has 0 aliphatic heterocycles. The fraction of sp³-hybridized carbons (Fsp3) is 0.444. The second-order valence-corrected chi connectivity index (χ2v) is 6.25. The highest BCUT2D eigenvalue weighted by atomic mass is 16.1. The first-order chi connectivity index (χ1) is 10.4. The molecule has 0 fully saturated rings. The predicted octanol–water partition coefficient (Wildman–Crippen LogP) is 2.90. The van der Waals surface area contributed by atoms with Gasteiger partial charge in [0.15, 0.2) is 0 Å². The van der Waals surface area contributed by atoms with Gasteiger partial charge in [-0.25, -0.2) is 4.68 Å². The van der Waals surface area contributed by atoms with Gasteiger partial charge in [-0.3, -0.25) is 4.79 Å². The molecule has 0 amide bonds. The van der Waals surface area contributed by atoms with Crippen LogP contribution in [0.3, 0.4) is 0 Å². The largest absolute Gasteiger partial charge is 0.311 e. The maximum atomic E-state index is 12.1. The lowest BCUT2D eigenvalue weighted by Gasteiger charge is -2.15. The zero-order chi connectivity index (χ0) is 16.3. The van der Waals surface area contributed by atoms with Crippen molar-refractivity contribution in [3.63, 3.8) is 0 Å². The van der Waals surface area contributed by atoms with Gasteiger partial charge in [0.05, 0.1) is 5.69 Å². The van der Waals surface area contributed by atoms with Crippen molar-refractivity contribution in [1.29, 1.82) is 0 Å². The lowest BCUT2D eigenvalue weighted by atomic mass is 10.1. The Bertz CT molecular complexity index is 717. The summed E-state index contributed by atoms with van der Waals surface area (Å²) in [7, 11) is 0. The molecule has 0 radical (unpaired) electrons. The summed E-state index contributed by atoms with van der Waals surface area (Å²) in [5, 5.41) is 7.87. The highest BCUT2D eigenvalue weighted by Gasteiger charge is 2.10. The highest BCUT2D eigenvalue weighted by molar-refractivity contribution is 5.44. The van der Waals surface area contributed by atoms with Gasteiger partial charge < -0.3 is 5.32 Å². The van der Waals surface area contributed by atoms with Crippen LogP contribution in [0.1, 0.15) is 36.4 Å². The van der Waals surface area contributed by atoms with E-state index < -0.39 is 0 Å². The number of rotatable bonds is 5. The van der Waals surface area contributed by atoms with E-state index >= 15 is 0 Å². The van der Waals surface area contributed by atoms with E-state index in [4.69, 9.17) is 0 Å². The van der Waals surface area contributed by atoms with E-state index in [0.717, 1.165) is 17.9 Å². The first-order valence-corrected chi connectivity index (χ1v) is 7.77. The summed E-state index contributed by atoms with van der Waals surface area (Å²) >= 11 is 0. The smallest absolute Gasteiger partial charge is 0.204 e. The Hall–Kier alpha value is -1.94. The average molecular weight is 299 g/mol. The van der Waals surface area contributed by atoms with Crippen molar-refractivity contribution >= 4 is 0 Å². The number of aryl methyl sites for hydroxylation is 2. The third kappa shape index (κ3) is 3.63. The summed E-state index contributed by atoms with van der Waals surface area (Å²) in [5.41, 5.74) is 4.84. The number of benzene rings is 1. The molecule has 0 atom stereocenters. The van der Waals surface area contributed by atoms with Gasteiger partial charge >= 0.3 is 0 Å². The second-order valence-electron chi connectivity index (χ2n) is 6.25. The first-order valence-electron chi connectivity index (χ1n) is 7.77. The van der Waals surface area contributed by atoms with Crippen molar-refractivity contribution in [1.82, 2.24) is 15.1 Å². The Labute approximate surface area is 132 Å². The monoisotopic (exact) mass is 299 g/mol. The van der Waals surface area contributed by atoms with Gasteiger partial charge in [0.25, 0.3) is 0 Å². The third-order valence-corrected chi connectivity index (χ3v) is 3.83. The van der Waals surface area contributed by atoms with Crippen LogP contribution < -0.4 is 10.7 Å². The van der Waals surface area contributed by atoms with E-state index in [-0.39, 0.29) is 5.43 Å². The van der Waals surface area contributed by atoms with Gasteiger partial charge in [-0.2, -0.15) is 5.10 Å². The van der Waals surface area contributed by atoms with Crippen molar-refractivity contribution in [2.75, 3.05) is 6.54 Å². The van der Waals surface area contributed by atoms with Crippen molar-refractivity contribution < 1.29 is 0 Å². The molecule has 0 aliphatic rings. The molecule has 0 bridgehead atoms. The Balaban J connectivity index is 2.40. The molecule has 1 heterocycles. The van der Waals surface area contributed by atoms with Gasteiger partial charge in [0.1, 0.15) is 5.69 Å². The number of hydrogen-bond acceptors (Lipinski definition) is 3. The maximum absolute atomic E-state index is 12.1. The number of aromatic nitrogens is 2. The summed E-state index contributed by atoms with van der Waals surface area (Å²) in [6.45, 7) is 11.7. The summed E-state index contributed by atoms with van der Waals surface area (Å²) in [6.07, 6.45) is 0. The van der Waals surface area contributed by atoms with Crippen LogP contribution in [-0.4, -0.2) is 16.3 Å². The maximum Gasteiger partial charge on any atom is 0.204 e. The molecule has 4 nitrogen and oxygen atoms in total. The molecule has 1 aromatic carbocycles. The minimum Gasteiger partial charge on any atom is -0.311 e. The third-order valence-electron chi connectivity index (χ3n) is 3.83. The van der Waals surface area contributed by atoms with Crippen molar-refractivity contribution in [3.05, 3.63) is 57.0 Å². The lowest BCUT2D eigenvalue weighted by Crippen LogP contribution is -2.26. The second kappa shape index (κ2) is 6.88. The minimum atomic E-state index is -0.00434. The van der Waals surface area contributed by atoms with Crippen molar-refractivity contribution in [3.8, 4) is 5.69 Å². The zero-order valence-electron chi connectivity index (χ0n) is 14.1. The van der Waals surface area contributed by atoms with Crippen LogP contribution in [0, 0.1) is 26.7 Å². The number of hydrogen-bond donors (Lipinski definition) is 1. The quantitative estimate of drug-likeness (QED) is 0.923. The van der Waals surface area contributed by atoms with Crippen LogP contribution in [0.2, 0.25) is 0 Å². The molecular weight excluding hydrogens is 274 g/mol. The van der Waals surface area contributed by atoms with Gasteiger partial charge in [0, 0.05) is 18.3 Å². The number of nitrogens with one attached hydrogen (secondary N) is 1. The molecule has 1 N–H and O–H groups in total. The molecule has 4 heteroatoms. The van der Waals surface area contributed by atoms with Crippen LogP contribution in [0.25, 0.3) is 5.69 Å². The summed E-state index contributed by atoms with van der Waals surface area (Å²) in [5.74, 6) is 0.548. The van der Waals surface area contributed by atoms with Crippen LogP contribution in [-0.2, 0) is 6.54 Å². The van der Waals surface area contributed by atoms with Crippen LogP contribution in [0.15, 0.2) is 29.1 Å². The molecule has 0 saturated heterocycles. The first kappa shape index (κ1) is 16.4. The molecule has 0 spiro atoms. The number of nitrogens with zero attached hydrogens (tertiary/aromatic N) is 2. The van der Waals surface area contributed by atoms with E-state index in [0.29, 0.717) is 18.2 Å². The Morgan fingerprint density at radius 3 is 2.64 bits per heavy atom. The normalized spacial score (nSPS) is 11.2. The molecule has 118 valence electrons. The van der Waals surface area contributed by atoms with E-state index in [1.165, 1.54) is 11.1 Å². The summed E-state index contributed by atoms with van der Waals surface area (Å²) < 4.78 is 1.87. The zero-order valence-corrected chi connectivity index (χ0v) is 14.1. The molecule has 2 rings (SSSR count). The molecule has 2 aromatic rings. The Morgan fingerprint density at radius 2 is 1.95 bits per heavy atom. The molecule has 22 heavy (non-hydrogen) atoms. The standard InChI is InChI=1S/C18H25N3O/c1-12(2)10-19-11-16-18(22)9-14(4)21(20-16)17-8-6-7-13(3)15(17)5/h6-9,12,19H,10-11H2,1-5H3. The molecular formula is C18H25N3O. The predicted molar refractivity (Wildman–Crippen MR) is 90.6 cm³/mol. The summed E-state index contributed by atoms with van der Waals surface area (Å²) in [6, 6.07) is 7.81. The molecule has 1 aromatic heterocycles. The molecule has 0 unspecified atom stereocenters. The lowest BCUT2D eigenvalue weighted by molar-refractivity contribution is 0.541. The van der Waals surface area contributed by atoms with Gasteiger partial charge in [-0.1, -0.05) is 26.0 Å². The van der Waals surface area contributed by atoms with E-state index in [1.54, 1.807) is 6.07 Å². The van der Waals surface area contributed by atoms with E-state index in [2.05, 4.69) is 44.2 Å². The van der Waals surface area contributed by atoms with E-state index in [9.17, 15) is 4.79 Å². The minimum absolute atomic E-state index is 0.00434. The SMILES string of the molecule is Cc1cccc(-n2nc(CNCC(C)C)c(=O)cc2C)c1C. The van der Waals surface area contributed by atoms with Gasteiger partial charge in [-0.05, 0) is 50.4 Å². The van der Waals surface area contributed by atoms with Crippen LogP contribution >= 0.6 is 0 Å². The Morgan fingerprint density at radius 1 is 1.23 bits per heavy atom. The average Bonchev–Trinajstić information content (AvgIpc) is 2.44. The fourth-order valence-corrected chi connectivity index (χ4v) is 2.39. The van der Waals surface area contributed by atoms with Crippen LogP contribution in [0.4, 0.5) is 0 Å². The molecule has 0 saturated carbocycles. The topological polar surface area (TPSA) is 46.9 Å². The fourth-order valence-electron chi connectivity index (χ4n) is 2.39. The van der Waals surface area contributed by atoms with Crippen molar-refractivity contribution in [2.24, 2.45) is 5.92 Å². The highest BCUT2D eigenvalue weighted by Crippen LogP contribution is 2.17. The summed E-state index contributed by atoms with van der Waals surface area (Å²) in [4.78, 5) is 12.1. The van der Waals surface area contributed by atoms with Crippen LogP contribution in [0.5, 0.6) is 0 Å².